The first-order valence-corrected chi connectivity index (χ1v) is 8.12. The molecule has 0 atom stereocenters. The molecule has 2 aromatic carbocycles. The first-order chi connectivity index (χ1) is 11.0. The van der Waals surface area contributed by atoms with Gasteiger partial charge in [-0.15, -0.1) is 0 Å². The quantitative estimate of drug-likeness (QED) is 0.569. The van der Waals surface area contributed by atoms with Crippen LogP contribution in [0.15, 0.2) is 41.5 Å². The fourth-order valence-corrected chi connectivity index (χ4v) is 2.47. The van der Waals surface area contributed by atoms with Crippen molar-refractivity contribution < 1.29 is 5.11 Å². The zero-order valence-electron chi connectivity index (χ0n) is 13.1. The highest BCUT2D eigenvalue weighted by atomic mass is 35.5. The van der Waals surface area contributed by atoms with E-state index in [0.717, 1.165) is 24.5 Å². The molecule has 122 valence electrons. The standard InChI is InChI=1S/C17H19Cl2N3O/c1-3-22(4-2)14-7-5-12(17(23)10-14)11-20-21-13-6-8-15(18)16(19)9-13/h5-11,21,23H,3-4H2,1-2H3/b20-11+. The third kappa shape index (κ3) is 4.53. The number of anilines is 2. The smallest absolute Gasteiger partial charge is 0.126 e. The second kappa shape index (κ2) is 8.09. The molecule has 6 heteroatoms. The van der Waals surface area contributed by atoms with Crippen molar-refractivity contribution in [1.29, 1.82) is 0 Å². The van der Waals surface area contributed by atoms with Crippen LogP contribution in [0.1, 0.15) is 19.4 Å². The normalized spacial score (nSPS) is 11.0. The van der Waals surface area contributed by atoms with Crippen LogP contribution in [0.25, 0.3) is 0 Å². The Balaban J connectivity index is 2.09. The van der Waals surface area contributed by atoms with E-state index in [2.05, 4.69) is 29.3 Å². The maximum absolute atomic E-state index is 10.1. The van der Waals surface area contributed by atoms with Gasteiger partial charge in [-0.3, -0.25) is 5.43 Å². The van der Waals surface area contributed by atoms with Gasteiger partial charge in [0.2, 0.25) is 0 Å². The lowest BCUT2D eigenvalue weighted by Gasteiger charge is -2.21. The molecule has 0 aromatic heterocycles. The molecule has 0 bridgehead atoms. The van der Waals surface area contributed by atoms with E-state index >= 15 is 0 Å². The van der Waals surface area contributed by atoms with Gasteiger partial charge in [0.1, 0.15) is 5.75 Å². The van der Waals surface area contributed by atoms with E-state index in [1.54, 1.807) is 30.5 Å². The Bertz CT molecular complexity index is 700. The molecule has 4 nitrogen and oxygen atoms in total. The topological polar surface area (TPSA) is 47.9 Å². The zero-order valence-corrected chi connectivity index (χ0v) is 14.6. The molecule has 2 N–H and O–H groups in total. The molecular weight excluding hydrogens is 333 g/mol. The molecule has 0 heterocycles. The van der Waals surface area contributed by atoms with E-state index < -0.39 is 0 Å². The molecule has 0 aliphatic carbocycles. The van der Waals surface area contributed by atoms with Crippen molar-refractivity contribution in [3.8, 4) is 5.75 Å². The van der Waals surface area contributed by atoms with Crippen LogP contribution in [0.2, 0.25) is 10.0 Å². The van der Waals surface area contributed by atoms with Crippen molar-refractivity contribution in [2.75, 3.05) is 23.4 Å². The van der Waals surface area contributed by atoms with Crippen LogP contribution in [0.5, 0.6) is 5.75 Å². The number of hydrazone groups is 1. The number of rotatable bonds is 6. The lowest BCUT2D eigenvalue weighted by molar-refractivity contribution is 0.474. The van der Waals surface area contributed by atoms with Gasteiger partial charge >= 0.3 is 0 Å². The molecule has 0 unspecified atom stereocenters. The summed E-state index contributed by atoms with van der Waals surface area (Å²) in [5, 5.41) is 15.2. The maximum Gasteiger partial charge on any atom is 0.126 e. The monoisotopic (exact) mass is 351 g/mol. The molecular formula is C17H19Cl2N3O. The summed E-state index contributed by atoms with van der Waals surface area (Å²) in [5.41, 5.74) is 5.19. The molecule has 0 saturated carbocycles. The number of nitrogens with one attached hydrogen (secondary N) is 1. The SMILES string of the molecule is CCN(CC)c1ccc(/C=N/Nc2ccc(Cl)c(Cl)c2)c(O)c1. The molecule has 2 rings (SSSR count). The number of benzene rings is 2. The lowest BCUT2D eigenvalue weighted by Crippen LogP contribution is -2.21. The number of aromatic hydroxyl groups is 1. The molecule has 0 amide bonds. The van der Waals surface area contributed by atoms with Gasteiger partial charge in [0, 0.05) is 30.4 Å². The van der Waals surface area contributed by atoms with Gasteiger partial charge in [-0.25, -0.2) is 0 Å². The highest BCUT2D eigenvalue weighted by Gasteiger charge is 2.05. The van der Waals surface area contributed by atoms with Crippen molar-refractivity contribution in [3.05, 3.63) is 52.0 Å². The van der Waals surface area contributed by atoms with Crippen LogP contribution >= 0.6 is 23.2 Å². The van der Waals surface area contributed by atoms with Gasteiger partial charge in [-0.05, 0) is 44.2 Å². The predicted octanol–water partition coefficient (Wildman–Crippen LogP) is 4.99. The van der Waals surface area contributed by atoms with E-state index in [1.807, 2.05) is 12.1 Å². The van der Waals surface area contributed by atoms with Crippen molar-refractivity contribution >= 4 is 40.8 Å². The van der Waals surface area contributed by atoms with Crippen molar-refractivity contribution in [1.82, 2.24) is 0 Å². The third-order valence-electron chi connectivity index (χ3n) is 3.46. The van der Waals surface area contributed by atoms with Crippen LogP contribution in [0, 0.1) is 0 Å². The van der Waals surface area contributed by atoms with Gasteiger partial charge in [0.05, 0.1) is 21.9 Å². The van der Waals surface area contributed by atoms with Crippen LogP contribution in [0.3, 0.4) is 0 Å². The Labute approximate surface area is 146 Å². The largest absolute Gasteiger partial charge is 0.507 e. The first kappa shape index (κ1) is 17.4. The van der Waals surface area contributed by atoms with E-state index in [4.69, 9.17) is 23.2 Å². The van der Waals surface area contributed by atoms with Crippen LogP contribution in [0.4, 0.5) is 11.4 Å². The molecule has 0 fully saturated rings. The average Bonchev–Trinajstić information content (AvgIpc) is 2.54. The third-order valence-corrected chi connectivity index (χ3v) is 4.20. The van der Waals surface area contributed by atoms with E-state index in [9.17, 15) is 5.11 Å². The predicted molar refractivity (Wildman–Crippen MR) is 99.3 cm³/mol. The second-order valence-electron chi connectivity index (χ2n) is 4.91. The minimum atomic E-state index is 0.189. The number of nitrogens with zero attached hydrogens (tertiary/aromatic N) is 2. The Morgan fingerprint density at radius 1 is 1.09 bits per heavy atom. The zero-order chi connectivity index (χ0) is 16.8. The molecule has 23 heavy (non-hydrogen) atoms. The summed E-state index contributed by atoms with van der Waals surface area (Å²) < 4.78 is 0. The van der Waals surface area contributed by atoms with Crippen LogP contribution in [-0.2, 0) is 0 Å². The molecule has 0 saturated heterocycles. The number of hydrogen-bond donors (Lipinski definition) is 2. The molecule has 2 aromatic rings. The highest BCUT2D eigenvalue weighted by molar-refractivity contribution is 6.42. The molecule has 0 radical (unpaired) electrons. The first-order valence-electron chi connectivity index (χ1n) is 7.37. The van der Waals surface area contributed by atoms with Gasteiger partial charge in [-0.1, -0.05) is 23.2 Å². The summed E-state index contributed by atoms with van der Waals surface area (Å²) >= 11 is 11.8. The lowest BCUT2D eigenvalue weighted by atomic mass is 10.2. The van der Waals surface area contributed by atoms with Gasteiger partial charge < -0.3 is 10.0 Å². The Kier molecular flexibility index (Phi) is 6.13. The molecule has 0 aliphatic heterocycles. The van der Waals surface area contributed by atoms with Crippen molar-refractivity contribution in [2.45, 2.75) is 13.8 Å². The minimum Gasteiger partial charge on any atom is -0.507 e. The fourth-order valence-electron chi connectivity index (χ4n) is 2.17. The number of hydrogen-bond acceptors (Lipinski definition) is 4. The highest BCUT2D eigenvalue weighted by Crippen LogP contribution is 2.25. The Morgan fingerprint density at radius 2 is 1.83 bits per heavy atom. The summed E-state index contributed by atoms with van der Waals surface area (Å²) in [7, 11) is 0. The number of phenolic OH excluding ortho intramolecular Hbond substituents is 1. The minimum absolute atomic E-state index is 0.189. The maximum atomic E-state index is 10.1. The summed E-state index contributed by atoms with van der Waals surface area (Å²) in [6, 6.07) is 10.7. The number of halogens is 2. The van der Waals surface area contributed by atoms with E-state index in [1.165, 1.54) is 0 Å². The van der Waals surface area contributed by atoms with Gasteiger partial charge in [-0.2, -0.15) is 5.10 Å². The van der Waals surface area contributed by atoms with Crippen LogP contribution < -0.4 is 10.3 Å². The summed E-state index contributed by atoms with van der Waals surface area (Å²) in [5.74, 6) is 0.189. The van der Waals surface area contributed by atoms with Crippen molar-refractivity contribution in [3.63, 3.8) is 0 Å². The molecule has 0 spiro atoms. The number of phenols is 1. The summed E-state index contributed by atoms with van der Waals surface area (Å²) in [6.45, 7) is 5.94. The molecule has 0 aliphatic rings. The van der Waals surface area contributed by atoms with Crippen LogP contribution in [-0.4, -0.2) is 24.4 Å². The fraction of sp³-hybridized carbons (Fsp3) is 0.235. The summed E-state index contributed by atoms with van der Waals surface area (Å²) in [4.78, 5) is 2.16. The van der Waals surface area contributed by atoms with Gasteiger partial charge in [0.15, 0.2) is 0 Å². The Morgan fingerprint density at radius 3 is 2.43 bits per heavy atom. The van der Waals surface area contributed by atoms with Crippen molar-refractivity contribution in [2.24, 2.45) is 5.10 Å². The van der Waals surface area contributed by atoms with E-state index in [0.29, 0.717) is 15.6 Å². The van der Waals surface area contributed by atoms with Gasteiger partial charge in [0.25, 0.3) is 0 Å². The Hall–Kier alpha value is -1.91. The summed E-state index contributed by atoms with van der Waals surface area (Å²) in [6.07, 6.45) is 1.56. The average molecular weight is 352 g/mol. The van der Waals surface area contributed by atoms with E-state index in [-0.39, 0.29) is 5.75 Å². The second-order valence-corrected chi connectivity index (χ2v) is 5.73.